The van der Waals surface area contributed by atoms with Gasteiger partial charge in [-0.2, -0.15) is 0 Å². The second-order valence-corrected chi connectivity index (χ2v) is 6.00. The molecule has 2 aromatic rings. The molecule has 23 heavy (non-hydrogen) atoms. The third-order valence-electron chi connectivity index (χ3n) is 4.20. The molecule has 0 atom stereocenters. The van der Waals surface area contributed by atoms with Crippen LogP contribution in [0.3, 0.4) is 0 Å². The Morgan fingerprint density at radius 2 is 2.04 bits per heavy atom. The minimum Gasteiger partial charge on any atom is -0.379 e. The number of hydrogen-bond acceptors (Lipinski definition) is 4. The lowest BCUT2D eigenvalue weighted by molar-refractivity contribution is 0.0342. The van der Waals surface area contributed by atoms with Gasteiger partial charge in [-0.1, -0.05) is 18.2 Å². The minimum atomic E-state index is 0.152. The molecule has 1 aliphatic rings. The van der Waals surface area contributed by atoms with Crippen molar-refractivity contribution in [3.8, 4) is 0 Å². The van der Waals surface area contributed by atoms with Crippen LogP contribution < -0.4 is 0 Å². The molecule has 4 heteroatoms. The summed E-state index contributed by atoms with van der Waals surface area (Å²) < 4.78 is 5.38. The quantitative estimate of drug-likeness (QED) is 0.796. The number of morpholine rings is 1. The third kappa shape index (κ3) is 4.24. The number of hydrogen-bond donors (Lipinski definition) is 0. The van der Waals surface area contributed by atoms with Gasteiger partial charge in [-0.25, -0.2) is 0 Å². The SMILES string of the molecule is Cc1ccc(CN2CCOCC2)cc1C(=O)Cc1cccnc1. The molecule has 1 aromatic heterocycles. The molecule has 1 aliphatic heterocycles. The molecule has 0 N–H and O–H groups in total. The minimum absolute atomic E-state index is 0.152. The van der Waals surface area contributed by atoms with Crippen molar-refractivity contribution < 1.29 is 9.53 Å². The van der Waals surface area contributed by atoms with E-state index in [0.717, 1.165) is 49.5 Å². The van der Waals surface area contributed by atoms with Gasteiger partial charge in [0, 0.05) is 44.0 Å². The van der Waals surface area contributed by atoms with Crippen molar-refractivity contribution in [2.24, 2.45) is 0 Å². The average Bonchev–Trinajstić information content (AvgIpc) is 2.58. The van der Waals surface area contributed by atoms with Crippen LogP contribution in [-0.2, 0) is 17.7 Å². The Labute approximate surface area is 137 Å². The zero-order valence-electron chi connectivity index (χ0n) is 13.5. The van der Waals surface area contributed by atoms with E-state index in [1.54, 1.807) is 12.4 Å². The van der Waals surface area contributed by atoms with Gasteiger partial charge in [0.05, 0.1) is 13.2 Å². The number of benzene rings is 1. The van der Waals surface area contributed by atoms with Crippen LogP contribution >= 0.6 is 0 Å². The molecule has 0 bridgehead atoms. The van der Waals surface area contributed by atoms with Gasteiger partial charge >= 0.3 is 0 Å². The number of ether oxygens (including phenoxy) is 1. The molecule has 0 saturated carbocycles. The van der Waals surface area contributed by atoms with Crippen molar-refractivity contribution in [3.63, 3.8) is 0 Å². The number of Topliss-reactive ketones (excluding diaryl/α,β-unsaturated/α-hetero) is 1. The van der Waals surface area contributed by atoms with Gasteiger partial charge in [-0.05, 0) is 35.7 Å². The highest BCUT2D eigenvalue weighted by Crippen LogP contribution is 2.16. The van der Waals surface area contributed by atoms with Gasteiger partial charge in [0.25, 0.3) is 0 Å². The van der Waals surface area contributed by atoms with Crippen molar-refractivity contribution in [2.75, 3.05) is 26.3 Å². The Morgan fingerprint density at radius 1 is 1.22 bits per heavy atom. The molecule has 120 valence electrons. The Bertz CT molecular complexity index is 664. The second-order valence-electron chi connectivity index (χ2n) is 6.00. The first kappa shape index (κ1) is 15.8. The van der Waals surface area contributed by atoms with Crippen LogP contribution in [0.15, 0.2) is 42.7 Å². The van der Waals surface area contributed by atoms with Crippen LogP contribution in [0.25, 0.3) is 0 Å². The second kappa shape index (κ2) is 7.49. The predicted octanol–water partition coefficient (Wildman–Crippen LogP) is 2.65. The van der Waals surface area contributed by atoms with E-state index in [1.807, 2.05) is 31.2 Å². The molecule has 0 aliphatic carbocycles. The predicted molar refractivity (Wildman–Crippen MR) is 89.5 cm³/mol. The van der Waals surface area contributed by atoms with E-state index in [1.165, 1.54) is 5.56 Å². The largest absolute Gasteiger partial charge is 0.379 e. The monoisotopic (exact) mass is 310 g/mol. The summed E-state index contributed by atoms with van der Waals surface area (Å²) in [4.78, 5) is 19.1. The maximum absolute atomic E-state index is 12.6. The lowest BCUT2D eigenvalue weighted by Crippen LogP contribution is -2.35. The summed E-state index contributed by atoms with van der Waals surface area (Å²) in [6, 6.07) is 10.0. The van der Waals surface area contributed by atoms with Crippen molar-refractivity contribution in [1.82, 2.24) is 9.88 Å². The van der Waals surface area contributed by atoms with E-state index in [9.17, 15) is 4.79 Å². The van der Waals surface area contributed by atoms with Gasteiger partial charge in [0.1, 0.15) is 0 Å². The van der Waals surface area contributed by atoms with Crippen molar-refractivity contribution in [2.45, 2.75) is 19.9 Å². The molecule has 1 fully saturated rings. The number of pyridine rings is 1. The number of carbonyl (C=O) groups is 1. The van der Waals surface area contributed by atoms with Crippen molar-refractivity contribution >= 4 is 5.78 Å². The van der Waals surface area contributed by atoms with E-state index in [2.05, 4.69) is 16.0 Å². The average molecular weight is 310 g/mol. The molecule has 0 amide bonds. The molecule has 0 radical (unpaired) electrons. The van der Waals surface area contributed by atoms with Crippen LogP contribution in [0.2, 0.25) is 0 Å². The fraction of sp³-hybridized carbons (Fsp3) is 0.368. The molecule has 0 unspecified atom stereocenters. The summed E-state index contributed by atoms with van der Waals surface area (Å²) in [6.45, 7) is 6.35. The first-order valence-corrected chi connectivity index (χ1v) is 8.04. The molecule has 1 saturated heterocycles. The Hall–Kier alpha value is -2.04. The summed E-state index contributed by atoms with van der Waals surface area (Å²) in [5, 5.41) is 0. The Morgan fingerprint density at radius 3 is 2.78 bits per heavy atom. The van der Waals surface area contributed by atoms with Gasteiger partial charge in [0.15, 0.2) is 5.78 Å². The van der Waals surface area contributed by atoms with E-state index in [-0.39, 0.29) is 5.78 Å². The van der Waals surface area contributed by atoms with Gasteiger partial charge in [-0.15, -0.1) is 0 Å². The van der Waals surface area contributed by atoms with Crippen LogP contribution in [-0.4, -0.2) is 42.0 Å². The maximum Gasteiger partial charge on any atom is 0.167 e. The number of aromatic nitrogens is 1. The molecular formula is C19H22N2O2. The van der Waals surface area contributed by atoms with Gasteiger partial charge in [0.2, 0.25) is 0 Å². The summed E-state index contributed by atoms with van der Waals surface area (Å²) >= 11 is 0. The standard InChI is InChI=1S/C19H22N2O2/c1-15-4-5-17(14-21-7-9-23-10-8-21)11-18(15)19(22)12-16-3-2-6-20-13-16/h2-6,11,13H,7-10,12,14H2,1H3. The van der Waals surface area contributed by atoms with Crippen LogP contribution in [0.1, 0.15) is 27.0 Å². The Balaban J connectivity index is 1.73. The topological polar surface area (TPSA) is 42.4 Å². The van der Waals surface area contributed by atoms with Crippen molar-refractivity contribution in [3.05, 3.63) is 65.0 Å². The maximum atomic E-state index is 12.6. The number of rotatable bonds is 5. The smallest absolute Gasteiger partial charge is 0.167 e. The molecular weight excluding hydrogens is 288 g/mol. The van der Waals surface area contributed by atoms with Gasteiger partial charge in [-0.3, -0.25) is 14.7 Å². The van der Waals surface area contributed by atoms with E-state index in [0.29, 0.717) is 6.42 Å². The number of ketones is 1. The first-order chi connectivity index (χ1) is 11.2. The van der Waals surface area contributed by atoms with Crippen molar-refractivity contribution in [1.29, 1.82) is 0 Å². The summed E-state index contributed by atoms with van der Waals surface area (Å²) in [5.41, 5.74) is 3.99. The molecule has 1 aromatic carbocycles. The summed E-state index contributed by atoms with van der Waals surface area (Å²) in [6.07, 6.45) is 3.88. The summed E-state index contributed by atoms with van der Waals surface area (Å²) in [7, 11) is 0. The lowest BCUT2D eigenvalue weighted by atomic mass is 9.97. The lowest BCUT2D eigenvalue weighted by Gasteiger charge is -2.26. The number of nitrogens with zero attached hydrogens (tertiary/aromatic N) is 2. The summed E-state index contributed by atoms with van der Waals surface area (Å²) in [5.74, 6) is 0.152. The fourth-order valence-corrected chi connectivity index (χ4v) is 2.87. The molecule has 2 heterocycles. The Kier molecular flexibility index (Phi) is 5.16. The molecule has 4 nitrogen and oxygen atoms in total. The highest BCUT2D eigenvalue weighted by atomic mass is 16.5. The molecule has 0 spiro atoms. The third-order valence-corrected chi connectivity index (χ3v) is 4.20. The molecule has 3 rings (SSSR count). The van der Waals surface area contributed by atoms with E-state index in [4.69, 9.17) is 4.74 Å². The highest BCUT2D eigenvalue weighted by Gasteiger charge is 2.14. The zero-order valence-corrected chi connectivity index (χ0v) is 13.5. The highest BCUT2D eigenvalue weighted by molar-refractivity contribution is 5.98. The van der Waals surface area contributed by atoms with Crippen LogP contribution in [0, 0.1) is 6.92 Å². The zero-order chi connectivity index (χ0) is 16.1. The van der Waals surface area contributed by atoms with Crippen LogP contribution in [0.4, 0.5) is 0 Å². The normalized spacial score (nSPS) is 15.5. The number of carbonyl (C=O) groups excluding carboxylic acids is 1. The van der Waals surface area contributed by atoms with E-state index < -0.39 is 0 Å². The van der Waals surface area contributed by atoms with Crippen LogP contribution in [0.5, 0.6) is 0 Å². The number of aryl methyl sites for hydroxylation is 1. The fourth-order valence-electron chi connectivity index (χ4n) is 2.87. The van der Waals surface area contributed by atoms with Gasteiger partial charge < -0.3 is 4.74 Å². The van der Waals surface area contributed by atoms with E-state index >= 15 is 0 Å². The first-order valence-electron chi connectivity index (χ1n) is 8.04.